The lowest BCUT2D eigenvalue weighted by atomic mass is 10.1. The molecule has 0 bridgehead atoms. The number of benzene rings is 2. The summed E-state index contributed by atoms with van der Waals surface area (Å²) in [4.78, 5) is 23.7. The van der Waals surface area contributed by atoms with Crippen molar-refractivity contribution in [1.82, 2.24) is 5.32 Å². The standard InChI is InChI=1S/C17H16BrClN2O2/c1-11-8-13(18)4-7-15(11)21-17(23)10-20-16(22)9-12-2-5-14(19)6-3-12/h2-8H,9-10H2,1H3,(H,20,22)(H,21,23). The van der Waals surface area contributed by atoms with E-state index in [0.717, 1.165) is 21.3 Å². The van der Waals surface area contributed by atoms with E-state index in [1.807, 2.05) is 25.1 Å². The number of nitrogens with one attached hydrogen (secondary N) is 2. The Morgan fingerprint density at radius 1 is 1.09 bits per heavy atom. The van der Waals surface area contributed by atoms with Crippen LogP contribution < -0.4 is 10.6 Å². The average molecular weight is 396 g/mol. The van der Waals surface area contributed by atoms with Crippen LogP contribution in [0.25, 0.3) is 0 Å². The van der Waals surface area contributed by atoms with Crippen molar-refractivity contribution in [3.8, 4) is 0 Å². The highest BCUT2D eigenvalue weighted by Gasteiger charge is 2.08. The van der Waals surface area contributed by atoms with E-state index in [2.05, 4.69) is 26.6 Å². The summed E-state index contributed by atoms with van der Waals surface area (Å²) in [6.45, 7) is 1.83. The number of rotatable bonds is 5. The van der Waals surface area contributed by atoms with Gasteiger partial charge in [0.05, 0.1) is 13.0 Å². The first-order chi connectivity index (χ1) is 10.9. The molecule has 0 spiro atoms. The van der Waals surface area contributed by atoms with Crippen molar-refractivity contribution >= 4 is 45.0 Å². The molecular weight excluding hydrogens is 380 g/mol. The smallest absolute Gasteiger partial charge is 0.243 e. The molecule has 2 aromatic carbocycles. The summed E-state index contributed by atoms with van der Waals surface area (Å²) in [7, 11) is 0. The molecule has 0 atom stereocenters. The highest BCUT2D eigenvalue weighted by molar-refractivity contribution is 9.10. The fourth-order valence-electron chi connectivity index (χ4n) is 1.99. The van der Waals surface area contributed by atoms with Gasteiger partial charge in [0.2, 0.25) is 11.8 Å². The quantitative estimate of drug-likeness (QED) is 0.811. The second kappa shape index (κ2) is 8.13. The van der Waals surface area contributed by atoms with Gasteiger partial charge in [-0.25, -0.2) is 0 Å². The molecule has 2 amide bonds. The van der Waals surface area contributed by atoms with E-state index < -0.39 is 0 Å². The first-order valence-electron chi connectivity index (χ1n) is 7.01. The molecule has 0 fully saturated rings. The van der Waals surface area contributed by atoms with Crippen LogP contribution in [-0.4, -0.2) is 18.4 Å². The van der Waals surface area contributed by atoms with Crippen LogP contribution in [0.2, 0.25) is 5.02 Å². The van der Waals surface area contributed by atoms with E-state index in [0.29, 0.717) is 5.02 Å². The summed E-state index contributed by atoms with van der Waals surface area (Å²) in [6, 6.07) is 12.6. The van der Waals surface area contributed by atoms with Crippen molar-refractivity contribution < 1.29 is 9.59 Å². The van der Waals surface area contributed by atoms with Crippen LogP contribution in [0.5, 0.6) is 0 Å². The molecule has 6 heteroatoms. The number of carbonyl (C=O) groups excluding carboxylic acids is 2. The van der Waals surface area contributed by atoms with Crippen LogP contribution in [0.4, 0.5) is 5.69 Å². The topological polar surface area (TPSA) is 58.2 Å². The number of anilines is 1. The predicted molar refractivity (Wildman–Crippen MR) is 95.7 cm³/mol. The molecule has 2 N–H and O–H groups in total. The number of aryl methyl sites for hydroxylation is 1. The Hall–Kier alpha value is -1.85. The molecule has 2 rings (SSSR count). The van der Waals surface area contributed by atoms with E-state index >= 15 is 0 Å². The zero-order valence-electron chi connectivity index (χ0n) is 12.5. The fourth-order valence-corrected chi connectivity index (χ4v) is 2.59. The fraction of sp³-hybridized carbons (Fsp3) is 0.176. The molecule has 0 aliphatic rings. The molecule has 0 unspecified atom stereocenters. The normalized spacial score (nSPS) is 10.2. The van der Waals surface area contributed by atoms with Gasteiger partial charge in [0.25, 0.3) is 0 Å². The summed E-state index contributed by atoms with van der Waals surface area (Å²) in [6.07, 6.45) is 0.210. The molecule has 0 saturated carbocycles. The van der Waals surface area contributed by atoms with Crippen molar-refractivity contribution in [2.24, 2.45) is 0 Å². The second-order valence-electron chi connectivity index (χ2n) is 5.09. The number of hydrogen-bond donors (Lipinski definition) is 2. The maximum Gasteiger partial charge on any atom is 0.243 e. The molecule has 0 saturated heterocycles. The Kier molecular flexibility index (Phi) is 6.19. The molecule has 0 heterocycles. The summed E-state index contributed by atoms with van der Waals surface area (Å²) >= 11 is 9.16. The largest absolute Gasteiger partial charge is 0.347 e. The predicted octanol–water partition coefficient (Wildman–Crippen LogP) is 3.71. The van der Waals surface area contributed by atoms with Crippen molar-refractivity contribution in [2.45, 2.75) is 13.3 Å². The van der Waals surface area contributed by atoms with Crippen LogP contribution in [-0.2, 0) is 16.0 Å². The third-order valence-electron chi connectivity index (χ3n) is 3.19. The van der Waals surface area contributed by atoms with Crippen molar-refractivity contribution in [2.75, 3.05) is 11.9 Å². The van der Waals surface area contributed by atoms with Crippen LogP contribution in [0.3, 0.4) is 0 Å². The van der Waals surface area contributed by atoms with Gasteiger partial charge in [0.15, 0.2) is 0 Å². The SMILES string of the molecule is Cc1cc(Br)ccc1NC(=O)CNC(=O)Cc1ccc(Cl)cc1. The van der Waals surface area contributed by atoms with Gasteiger partial charge in [-0.2, -0.15) is 0 Å². The lowest BCUT2D eigenvalue weighted by Gasteiger charge is -2.09. The second-order valence-corrected chi connectivity index (χ2v) is 6.44. The number of carbonyl (C=O) groups is 2. The maximum absolute atomic E-state index is 11.9. The molecule has 4 nitrogen and oxygen atoms in total. The zero-order valence-corrected chi connectivity index (χ0v) is 14.9. The van der Waals surface area contributed by atoms with Gasteiger partial charge < -0.3 is 10.6 Å². The third-order valence-corrected chi connectivity index (χ3v) is 3.93. The van der Waals surface area contributed by atoms with Gasteiger partial charge in [-0.05, 0) is 48.4 Å². The molecule has 120 valence electrons. The zero-order chi connectivity index (χ0) is 16.8. The first-order valence-corrected chi connectivity index (χ1v) is 8.18. The van der Waals surface area contributed by atoms with E-state index in [1.54, 1.807) is 24.3 Å². The van der Waals surface area contributed by atoms with E-state index in [9.17, 15) is 9.59 Å². The Morgan fingerprint density at radius 3 is 2.43 bits per heavy atom. The molecule has 2 aromatic rings. The molecule has 23 heavy (non-hydrogen) atoms. The minimum absolute atomic E-state index is 0.0675. The Morgan fingerprint density at radius 2 is 1.78 bits per heavy atom. The maximum atomic E-state index is 11.9. The number of amides is 2. The molecule has 0 aliphatic heterocycles. The minimum atomic E-state index is -0.264. The average Bonchev–Trinajstić information content (AvgIpc) is 2.50. The van der Waals surface area contributed by atoms with Gasteiger partial charge in [0.1, 0.15) is 0 Å². The Labute approximate surface area is 148 Å². The summed E-state index contributed by atoms with van der Waals surface area (Å²) < 4.78 is 0.948. The van der Waals surface area contributed by atoms with Crippen molar-refractivity contribution in [3.05, 3.63) is 63.1 Å². The van der Waals surface area contributed by atoms with Gasteiger partial charge in [-0.3, -0.25) is 9.59 Å². The number of halogens is 2. The van der Waals surface area contributed by atoms with Gasteiger partial charge in [-0.1, -0.05) is 39.7 Å². The molecule has 0 aliphatic carbocycles. The monoisotopic (exact) mass is 394 g/mol. The van der Waals surface area contributed by atoms with Crippen LogP contribution in [0, 0.1) is 6.92 Å². The highest BCUT2D eigenvalue weighted by atomic mass is 79.9. The first kappa shape index (κ1) is 17.5. The van der Waals surface area contributed by atoms with Crippen LogP contribution in [0.15, 0.2) is 46.9 Å². The molecular formula is C17H16BrClN2O2. The van der Waals surface area contributed by atoms with Crippen molar-refractivity contribution in [3.63, 3.8) is 0 Å². The van der Waals surface area contributed by atoms with Crippen LogP contribution >= 0.6 is 27.5 Å². The summed E-state index contributed by atoms with van der Waals surface area (Å²) in [5.41, 5.74) is 2.52. The van der Waals surface area contributed by atoms with E-state index in [4.69, 9.17) is 11.6 Å². The number of hydrogen-bond acceptors (Lipinski definition) is 2. The minimum Gasteiger partial charge on any atom is -0.347 e. The van der Waals surface area contributed by atoms with Gasteiger partial charge >= 0.3 is 0 Å². The van der Waals surface area contributed by atoms with E-state index in [-0.39, 0.29) is 24.8 Å². The summed E-state index contributed by atoms with van der Waals surface area (Å²) in [5.74, 6) is -0.477. The van der Waals surface area contributed by atoms with Gasteiger partial charge in [-0.15, -0.1) is 0 Å². The Bertz CT molecular complexity index is 717. The summed E-state index contributed by atoms with van der Waals surface area (Å²) in [5, 5.41) is 6.00. The molecule has 0 radical (unpaired) electrons. The lowest BCUT2D eigenvalue weighted by molar-refractivity contribution is -0.123. The lowest BCUT2D eigenvalue weighted by Crippen LogP contribution is -2.33. The van der Waals surface area contributed by atoms with Crippen molar-refractivity contribution in [1.29, 1.82) is 0 Å². The van der Waals surface area contributed by atoms with Crippen LogP contribution in [0.1, 0.15) is 11.1 Å². The van der Waals surface area contributed by atoms with E-state index in [1.165, 1.54) is 0 Å². The highest BCUT2D eigenvalue weighted by Crippen LogP contribution is 2.19. The molecule has 0 aromatic heterocycles. The van der Waals surface area contributed by atoms with Gasteiger partial charge in [0, 0.05) is 15.2 Å². The Balaban J connectivity index is 1.81. The third kappa shape index (κ3) is 5.69.